The van der Waals surface area contributed by atoms with Crippen LogP contribution in [0.15, 0.2) is 18.2 Å². The quantitative estimate of drug-likeness (QED) is 0.761. The van der Waals surface area contributed by atoms with Crippen LogP contribution >= 0.6 is 0 Å². The van der Waals surface area contributed by atoms with Crippen molar-refractivity contribution in [1.82, 2.24) is 10.2 Å². The third-order valence-electron chi connectivity index (χ3n) is 5.81. The third-order valence-corrected chi connectivity index (χ3v) is 5.81. The molecule has 0 aromatic heterocycles. The molecule has 2 aliphatic heterocycles. The average Bonchev–Trinajstić information content (AvgIpc) is 3.41. The second-order valence-corrected chi connectivity index (χ2v) is 8.16. The van der Waals surface area contributed by atoms with Gasteiger partial charge in [0.15, 0.2) is 0 Å². The minimum Gasteiger partial charge on any atom is -0.466 e. The fraction of sp³-hybridized carbons (Fsp3) is 0.600. The molecule has 2 heterocycles. The van der Waals surface area contributed by atoms with Crippen molar-refractivity contribution in [2.45, 2.75) is 32.3 Å². The van der Waals surface area contributed by atoms with E-state index in [1.165, 1.54) is 6.92 Å². The van der Waals surface area contributed by atoms with Gasteiger partial charge < -0.3 is 20.1 Å². The molecule has 4 rings (SSSR count). The summed E-state index contributed by atoms with van der Waals surface area (Å²) in [4.78, 5) is 27.8. The van der Waals surface area contributed by atoms with E-state index in [0.29, 0.717) is 18.0 Å². The molecule has 7 heteroatoms. The Morgan fingerprint density at radius 2 is 2.04 bits per heavy atom. The Kier molecular flexibility index (Phi) is 4.60. The summed E-state index contributed by atoms with van der Waals surface area (Å²) in [6, 6.07) is 5.53. The molecule has 2 fully saturated rings. The number of carbonyl (C=O) groups excluding carboxylic acids is 2. The Morgan fingerprint density at radius 3 is 2.74 bits per heavy atom. The van der Waals surface area contributed by atoms with Gasteiger partial charge in [-0.15, -0.1) is 0 Å². The lowest BCUT2D eigenvalue weighted by molar-refractivity contribution is -0.146. The predicted molar refractivity (Wildman–Crippen MR) is 101 cm³/mol. The lowest BCUT2D eigenvalue weighted by atomic mass is 10.00. The molecule has 1 aromatic carbocycles. The standard InChI is InChI=1S/C20H27N3O4/c1-14-3-4-16-15(11-14)22-18(25)19(2,27-16)17(24)21-12-20(5-6-20)13-23-7-9-26-10-8-23/h3-4,11H,5-10,12-13H2,1-2H3,(H,21,24)(H,22,25). The van der Waals surface area contributed by atoms with Crippen molar-refractivity contribution in [1.29, 1.82) is 0 Å². The van der Waals surface area contributed by atoms with E-state index < -0.39 is 11.5 Å². The highest BCUT2D eigenvalue weighted by Gasteiger charge is 2.49. The Bertz CT molecular complexity index is 756. The zero-order chi connectivity index (χ0) is 19.1. The van der Waals surface area contributed by atoms with Crippen LogP contribution in [0.25, 0.3) is 0 Å². The van der Waals surface area contributed by atoms with E-state index in [4.69, 9.17) is 9.47 Å². The molecule has 0 spiro atoms. The number of carbonyl (C=O) groups is 2. The van der Waals surface area contributed by atoms with E-state index in [1.54, 1.807) is 6.07 Å². The van der Waals surface area contributed by atoms with Crippen molar-refractivity contribution < 1.29 is 19.1 Å². The first-order chi connectivity index (χ1) is 12.9. The second-order valence-electron chi connectivity index (χ2n) is 8.16. The van der Waals surface area contributed by atoms with Gasteiger partial charge in [-0.25, -0.2) is 0 Å². The summed E-state index contributed by atoms with van der Waals surface area (Å²) in [6.07, 6.45) is 2.19. The summed E-state index contributed by atoms with van der Waals surface area (Å²) in [6.45, 7) is 8.42. The molecule has 1 saturated heterocycles. The van der Waals surface area contributed by atoms with Gasteiger partial charge in [0.05, 0.1) is 18.9 Å². The number of fused-ring (bicyclic) bond motifs is 1. The van der Waals surface area contributed by atoms with Crippen molar-refractivity contribution in [3.63, 3.8) is 0 Å². The van der Waals surface area contributed by atoms with Crippen LogP contribution in [0.3, 0.4) is 0 Å². The zero-order valence-electron chi connectivity index (χ0n) is 16.0. The van der Waals surface area contributed by atoms with Crippen LogP contribution in [0.5, 0.6) is 5.75 Å². The van der Waals surface area contributed by atoms with E-state index in [9.17, 15) is 9.59 Å². The normalized spacial score (nSPS) is 26.5. The molecule has 0 radical (unpaired) electrons. The van der Waals surface area contributed by atoms with E-state index in [2.05, 4.69) is 15.5 Å². The van der Waals surface area contributed by atoms with Gasteiger partial charge in [0.25, 0.3) is 17.4 Å². The molecule has 1 unspecified atom stereocenters. The highest BCUT2D eigenvalue weighted by molar-refractivity contribution is 6.15. The van der Waals surface area contributed by atoms with Crippen LogP contribution in [-0.4, -0.2) is 61.7 Å². The topological polar surface area (TPSA) is 79.9 Å². The smallest absolute Gasteiger partial charge is 0.278 e. The van der Waals surface area contributed by atoms with Gasteiger partial charge in [-0.3, -0.25) is 14.5 Å². The van der Waals surface area contributed by atoms with Crippen molar-refractivity contribution in [2.75, 3.05) is 44.7 Å². The average molecular weight is 373 g/mol. The van der Waals surface area contributed by atoms with Crippen LogP contribution in [0.4, 0.5) is 5.69 Å². The number of nitrogens with zero attached hydrogens (tertiary/aromatic N) is 1. The van der Waals surface area contributed by atoms with Gasteiger partial charge in [-0.05, 0) is 44.4 Å². The minimum atomic E-state index is -1.56. The van der Waals surface area contributed by atoms with Crippen LogP contribution in [0, 0.1) is 12.3 Å². The van der Waals surface area contributed by atoms with E-state index >= 15 is 0 Å². The molecule has 2 N–H and O–H groups in total. The number of morpholine rings is 1. The lowest BCUT2D eigenvalue weighted by Gasteiger charge is -2.34. The van der Waals surface area contributed by atoms with Crippen LogP contribution in [-0.2, 0) is 14.3 Å². The van der Waals surface area contributed by atoms with E-state index in [1.807, 2.05) is 19.1 Å². The zero-order valence-corrected chi connectivity index (χ0v) is 16.0. The van der Waals surface area contributed by atoms with Crippen LogP contribution in [0.2, 0.25) is 0 Å². The molecule has 146 valence electrons. The Hall–Kier alpha value is -2.12. The molecular formula is C20H27N3O4. The monoisotopic (exact) mass is 373 g/mol. The minimum absolute atomic E-state index is 0.115. The molecule has 27 heavy (non-hydrogen) atoms. The number of aryl methyl sites for hydroxylation is 1. The fourth-order valence-electron chi connectivity index (χ4n) is 3.73. The van der Waals surface area contributed by atoms with Crippen molar-refractivity contribution in [3.05, 3.63) is 23.8 Å². The molecule has 1 atom stereocenters. The van der Waals surface area contributed by atoms with Gasteiger partial charge in [-0.2, -0.15) is 0 Å². The Labute approximate surface area is 159 Å². The van der Waals surface area contributed by atoms with E-state index in [0.717, 1.165) is 51.3 Å². The first kappa shape index (κ1) is 18.3. The van der Waals surface area contributed by atoms with E-state index in [-0.39, 0.29) is 11.3 Å². The van der Waals surface area contributed by atoms with Gasteiger partial charge in [0.1, 0.15) is 5.75 Å². The number of amides is 2. The van der Waals surface area contributed by atoms with Crippen LogP contribution < -0.4 is 15.4 Å². The Balaban J connectivity index is 1.39. The number of hydrogen-bond donors (Lipinski definition) is 2. The summed E-state index contributed by atoms with van der Waals surface area (Å²) in [5.74, 6) is -0.303. The Morgan fingerprint density at radius 1 is 1.30 bits per heavy atom. The van der Waals surface area contributed by atoms with Gasteiger partial charge in [-0.1, -0.05) is 6.07 Å². The summed E-state index contributed by atoms with van der Waals surface area (Å²) in [5.41, 5.74) is 0.182. The van der Waals surface area contributed by atoms with Crippen molar-refractivity contribution >= 4 is 17.5 Å². The third kappa shape index (κ3) is 3.66. The highest BCUT2D eigenvalue weighted by atomic mass is 16.5. The second kappa shape index (κ2) is 6.80. The molecular weight excluding hydrogens is 346 g/mol. The predicted octanol–water partition coefficient (Wildman–Crippen LogP) is 1.31. The number of rotatable bonds is 5. The lowest BCUT2D eigenvalue weighted by Crippen LogP contribution is -2.59. The van der Waals surface area contributed by atoms with Gasteiger partial charge in [0.2, 0.25) is 0 Å². The largest absolute Gasteiger partial charge is 0.466 e. The van der Waals surface area contributed by atoms with Gasteiger partial charge >= 0.3 is 0 Å². The molecule has 3 aliphatic rings. The molecule has 1 saturated carbocycles. The number of hydrogen-bond acceptors (Lipinski definition) is 5. The number of benzene rings is 1. The summed E-state index contributed by atoms with van der Waals surface area (Å²) in [5, 5.41) is 5.78. The van der Waals surface area contributed by atoms with Gasteiger partial charge in [0, 0.05) is 31.6 Å². The maximum absolute atomic E-state index is 12.8. The molecule has 2 amide bonds. The molecule has 1 aliphatic carbocycles. The number of ether oxygens (including phenoxy) is 2. The maximum Gasteiger partial charge on any atom is 0.278 e. The van der Waals surface area contributed by atoms with Crippen LogP contribution in [0.1, 0.15) is 25.3 Å². The van der Waals surface area contributed by atoms with Crippen molar-refractivity contribution in [3.8, 4) is 5.75 Å². The molecule has 7 nitrogen and oxygen atoms in total. The number of nitrogens with one attached hydrogen (secondary N) is 2. The highest BCUT2D eigenvalue weighted by Crippen LogP contribution is 2.46. The first-order valence-corrected chi connectivity index (χ1v) is 9.60. The first-order valence-electron chi connectivity index (χ1n) is 9.60. The SMILES string of the molecule is Cc1ccc2c(c1)NC(=O)C(C)(C(=O)NCC1(CN3CCOCC3)CC1)O2. The summed E-state index contributed by atoms with van der Waals surface area (Å²) >= 11 is 0. The molecule has 1 aromatic rings. The maximum atomic E-state index is 12.8. The molecule has 0 bridgehead atoms. The fourth-order valence-corrected chi connectivity index (χ4v) is 3.73. The number of anilines is 1. The summed E-state index contributed by atoms with van der Waals surface area (Å²) in [7, 11) is 0. The summed E-state index contributed by atoms with van der Waals surface area (Å²) < 4.78 is 11.2. The van der Waals surface area contributed by atoms with Crippen molar-refractivity contribution in [2.24, 2.45) is 5.41 Å².